The molecule has 3 nitrogen and oxygen atoms in total. The van der Waals surface area contributed by atoms with Crippen LogP contribution >= 0.6 is 15.9 Å². The Morgan fingerprint density at radius 3 is 2.80 bits per heavy atom. The van der Waals surface area contributed by atoms with Crippen LogP contribution in [-0.4, -0.2) is 14.6 Å². The molecule has 3 rings (SSSR count). The van der Waals surface area contributed by atoms with Crippen LogP contribution in [0.5, 0.6) is 0 Å². The normalized spacial score (nSPS) is 17.7. The summed E-state index contributed by atoms with van der Waals surface area (Å²) < 4.78 is 2.84. The second-order valence-electron chi connectivity index (χ2n) is 4.07. The van der Waals surface area contributed by atoms with Crippen molar-refractivity contribution in [1.82, 2.24) is 14.6 Å². The van der Waals surface area contributed by atoms with E-state index in [2.05, 4.69) is 26.0 Å². The van der Waals surface area contributed by atoms with Gasteiger partial charge >= 0.3 is 0 Å². The lowest BCUT2D eigenvalue weighted by Crippen LogP contribution is -1.96. The average Bonchev–Trinajstić information content (AvgIpc) is 2.86. The number of aromatic nitrogens is 3. The van der Waals surface area contributed by atoms with E-state index in [1.807, 2.05) is 22.7 Å². The second kappa shape index (κ2) is 3.59. The van der Waals surface area contributed by atoms with Crippen LogP contribution in [0.25, 0.3) is 5.65 Å². The Hall–Kier alpha value is -0.900. The van der Waals surface area contributed by atoms with Gasteiger partial charge in [0.2, 0.25) is 0 Å². The van der Waals surface area contributed by atoms with Crippen LogP contribution in [0.1, 0.15) is 37.4 Å². The lowest BCUT2D eigenvalue weighted by Gasteiger charge is -2.00. The summed E-state index contributed by atoms with van der Waals surface area (Å²) in [5, 5.41) is 4.55. The number of hydrogen-bond acceptors (Lipinski definition) is 2. The number of rotatable bonds is 1. The number of pyridine rings is 1. The molecule has 0 spiro atoms. The first-order chi connectivity index (χ1) is 7.34. The highest BCUT2D eigenvalue weighted by Gasteiger charge is 2.21. The maximum atomic E-state index is 4.58. The lowest BCUT2D eigenvalue weighted by atomic mass is 10.1. The van der Waals surface area contributed by atoms with Gasteiger partial charge in [0.05, 0.1) is 0 Å². The van der Waals surface area contributed by atoms with E-state index >= 15 is 0 Å². The summed E-state index contributed by atoms with van der Waals surface area (Å²) in [5.74, 6) is 1.59. The van der Waals surface area contributed by atoms with Crippen molar-refractivity contribution < 1.29 is 0 Å². The Morgan fingerprint density at radius 1 is 1.27 bits per heavy atom. The van der Waals surface area contributed by atoms with E-state index in [0.29, 0.717) is 5.92 Å². The number of nitrogens with zero attached hydrogens (tertiary/aromatic N) is 3. The molecule has 4 heteroatoms. The van der Waals surface area contributed by atoms with Crippen LogP contribution < -0.4 is 0 Å². The van der Waals surface area contributed by atoms with E-state index < -0.39 is 0 Å². The minimum atomic E-state index is 0.580. The predicted molar refractivity (Wildman–Crippen MR) is 61.9 cm³/mol. The van der Waals surface area contributed by atoms with Crippen molar-refractivity contribution in [2.75, 3.05) is 0 Å². The largest absolute Gasteiger partial charge is 0.212 e. The first-order valence-electron chi connectivity index (χ1n) is 5.36. The van der Waals surface area contributed by atoms with Gasteiger partial charge in [0.1, 0.15) is 4.60 Å². The Morgan fingerprint density at radius 2 is 2.07 bits per heavy atom. The zero-order valence-electron chi connectivity index (χ0n) is 8.36. The van der Waals surface area contributed by atoms with Crippen molar-refractivity contribution in [3.8, 4) is 0 Å². The predicted octanol–water partition coefficient (Wildman–Crippen LogP) is 3.15. The summed E-state index contributed by atoms with van der Waals surface area (Å²) in [6.45, 7) is 0. The summed E-state index contributed by atoms with van der Waals surface area (Å²) in [7, 11) is 0. The first-order valence-corrected chi connectivity index (χ1v) is 6.15. The summed E-state index contributed by atoms with van der Waals surface area (Å²) >= 11 is 3.48. The van der Waals surface area contributed by atoms with Crippen LogP contribution in [0, 0.1) is 0 Å². The fraction of sp³-hybridized carbons (Fsp3) is 0.455. The highest BCUT2D eigenvalue weighted by molar-refractivity contribution is 9.10. The maximum Gasteiger partial charge on any atom is 0.156 e. The standard InChI is InChI=1S/C11H12BrN3/c12-9-6-3-7-10-13-11(14-15(9)10)8-4-1-2-5-8/h3,6-8H,1-2,4-5H2. The molecule has 1 fully saturated rings. The smallest absolute Gasteiger partial charge is 0.156 e. The van der Waals surface area contributed by atoms with Gasteiger partial charge in [0.25, 0.3) is 0 Å². The molecular formula is C11H12BrN3. The number of halogens is 1. The molecule has 15 heavy (non-hydrogen) atoms. The fourth-order valence-electron chi connectivity index (χ4n) is 2.25. The van der Waals surface area contributed by atoms with Crippen molar-refractivity contribution in [1.29, 1.82) is 0 Å². The maximum absolute atomic E-state index is 4.58. The van der Waals surface area contributed by atoms with Crippen LogP contribution in [0.15, 0.2) is 22.8 Å². The quantitative estimate of drug-likeness (QED) is 0.742. The molecule has 0 N–H and O–H groups in total. The van der Waals surface area contributed by atoms with Crippen LogP contribution in [0.4, 0.5) is 0 Å². The molecule has 78 valence electrons. The van der Waals surface area contributed by atoms with Crippen molar-refractivity contribution in [2.24, 2.45) is 0 Å². The van der Waals surface area contributed by atoms with Gasteiger partial charge < -0.3 is 0 Å². The number of fused-ring (bicyclic) bond motifs is 1. The summed E-state index contributed by atoms with van der Waals surface area (Å²) in [5.41, 5.74) is 0.936. The number of hydrogen-bond donors (Lipinski definition) is 0. The molecule has 0 radical (unpaired) electrons. The van der Waals surface area contributed by atoms with Crippen LogP contribution in [0.3, 0.4) is 0 Å². The minimum Gasteiger partial charge on any atom is -0.212 e. The van der Waals surface area contributed by atoms with Gasteiger partial charge in [-0.25, -0.2) is 9.50 Å². The zero-order valence-corrected chi connectivity index (χ0v) is 9.94. The Labute approximate surface area is 96.6 Å². The third-order valence-electron chi connectivity index (χ3n) is 3.05. The van der Waals surface area contributed by atoms with Gasteiger partial charge in [-0.15, -0.1) is 5.10 Å². The van der Waals surface area contributed by atoms with Crippen molar-refractivity contribution in [3.05, 3.63) is 28.6 Å². The molecule has 0 aliphatic heterocycles. The van der Waals surface area contributed by atoms with Gasteiger partial charge in [0, 0.05) is 5.92 Å². The van der Waals surface area contributed by atoms with E-state index in [1.165, 1.54) is 25.7 Å². The van der Waals surface area contributed by atoms with Crippen LogP contribution in [-0.2, 0) is 0 Å². The first kappa shape index (κ1) is 9.33. The Balaban J connectivity index is 2.09. The molecule has 0 aromatic carbocycles. The van der Waals surface area contributed by atoms with E-state index in [4.69, 9.17) is 0 Å². The van der Waals surface area contributed by atoms with E-state index in [-0.39, 0.29) is 0 Å². The highest BCUT2D eigenvalue weighted by atomic mass is 79.9. The molecule has 0 amide bonds. The lowest BCUT2D eigenvalue weighted by molar-refractivity contribution is 0.664. The van der Waals surface area contributed by atoms with Crippen molar-refractivity contribution >= 4 is 21.6 Å². The van der Waals surface area contributed by atoms with Gasteiger partial charge in [-0.1, -0.05) is 18.9 Å². The molecule has 0 saturated heterocycles. The monoisotopic (exact) mass is 265 g/mol. The molecule has 0 unspecified atom stereocenters. The second-order valence-corrected chi connectivity index (χ2v) is 4.88. The van der Waals surface area contributed by atoms with Gasteiger partial charge in [0.15, 0.2) is 11.5 Å². The molecule has 2 heterocycles. The topological polar surface area (TPSA) is 30.2 Å². The third kappa shape index (κ3) is 1.57. The van der Waals surface area contributed by atoms with Gasteiger partial charge in [-0.05, 0) is 40.9 Å². The molecule has 1 aliphatic rings. The summed E-state index contributed by atoms with van der Waals surface area (Å²) in [6.07, 6.45) is 5.13. The van der Waals surface area contributed by atoms with Gasteiger partial charge in [-0.3, -0.25) is 0 Å². The average molecular weight is 266 g/mol. The Bertz CT molecular complexity index is 486. The summed E-state index contributed by atoms with van der Waals surface area (Å²) in [6, 6.07) is 5.98. The fourth-order valence-corrected chi connectivity index (χ4v) is 2.66. The van der Waals surface area contributed by atoms with E-state index in [1.54, 1.807) is 0 Å². The van der Waals surface area contributed by atoms with E-state index in [9.17, 15) is 0 Å². The molecule has 0 bridgehead atoms. The highest BCUT2D eigenvalue weighted by Crippen LogP contribution is 2.32. The van der Waals surface area contributed by atoms with Crippen molar-refractivity contribution in [3.63, 3.8) is 0 Å². The SMILES string of the molecule is Brc1cccc2nc(C3CCCC3)nn12. The van der Waals surface area contributed by atoms with E-state index in [0.717, 1.165) is 16.1 Å². The van der Waals surface area contributed by atoms with Crippen LogP contribution in [0.2, 0.25) is 0 Å². The molecule has 1 saturated carbocycles. The molecule has 0 atom stereocenters. The van der Waals surface area contributed by atoms with Gasteiger partial charge in [-0.2, -0.15) is 0 Å². The zero-order chi connectivity index (χ0) is 10.3. The molecule has 2 aromatic rings. The minimum absolute atomic E-state index is 0.580. The Kier molecular flexibility index (Phi) is 2.24. The third-order valence-corrected chi connectivity index (χ3v) is 3.65. The molecule has 1 aliphatic carbocycles. The summed E-state index contributed by atoms with van der Waals surface area (Å²) in [4.78, 5) is 4.58. The molecule has 2 aromatic heterocycles. The molecular weight excluding hydrogens is 254 g/mol. The van der Waals surface area contributed by atoms with Crippen molar-refractivity contribution in [2.45, 2.75) is 31.6 Å².